The molecule has 0 heterocycles. The minimum atomic E-state index is -4.47. The fourth-order valence-corrected chi connectivity index (χ4v) is 1.88. The second kappa shape index (κ2) is 6.83. The fourth-order valence-electron chi connectivity index (χ4n) is 1.64. The molecule has 0 amide bonds. The summed E-state index contributed by atoms with van der Waals surface area (Å²) in [6, 6.07) is 2.81. The van der Waals surface area contributed by atoms with Crippen molar-refractivity contribution in [2.45, 2.75) is 32.5 Å². The van der Waals surface area contributed by atoms with E-state index in [0.29, 0.717) is 0 Å². The van der Waals surface area contributed by atoms with Crippen LogP contribution in [0.25, 0.3) is 0 Å². The minimum Gasteiger partial charge on any atom is -0.466 e. The first-order valence-corrected chi connectivity index (χ1v) is 6.40. The van der Waals surface area contributed by atoms with Crippen molar-refractivity contribution >= 4 is 23.3 Å². The molecule has 0 aliphatic carbocycles. The molecular formula is C13H15ClF3NO2. The summed E-state index contributed by atoms with van der Waals surface area (Å²) in [5.74, 6) is -0.412. The van der Waals surface area contributed by atoms with E-state index >= 15 is 0 Å². The first-order valence-electron chi connectivity index (χ1n) is 6.02. The Morgan fingerprint density at radius 2 is 2.05 bits per heavy atom. The van der Waals surface area contributed by atoms with Gasteiger partial charge < -0.3 is 10.1 Å². The molecular weight excluding hydrogens is 295 g/mol. The molecule has 0 saturated carbocycles. The molecule has 1 aromatic carbocycles. The number of benzene rings is 1. The molecule has 0 spiro atoms. The molecule has 0 aliphatic heterocycles. The number of carbonyl (C=O) groups is 1. The van der Waals surface area contributed by atoms with Gasteiger partial charge >= 0.3 is 12.1 Å². The van der Waals surface area contributed by atoms with E-state index in [2.05, 4.69) is 5.32 Å². The third-order valence-corrected chi connectivity index (χ3v) is 2.63. The van der Waals surface area contributed by atoms with Crippen molar-refractivity contribution in [3.8, 4) is 0 Å². The van der Waals surface area contributed by atoms with Gasteiger partial charge in [0, 0.05) is 16.8 Å². The molecule has 0 bridgehead atoms. The van der Waals surface area contributed by atoms with E-state index in [4.69, 9.17) is 16.3 Å². The highest BCUT2D eigenvalue weighted by atomic mass is 35.5. The van der Waals surface area contributed by atoms with Crippen molar-refractivity contribution in [3.05, 3.63) is 28.8 Å². The Morgan fingerprint density at radius 3 is 2.60 bits per heavy atom. The van der Waals surface area contributed by atoms with Crippen molar-refractivity contribution in [3.63, 3.8) is 0 Å². The van der Waals surface area contributed by atoms with Crippen LogP contribution in [-0.4, -0.2) is 18.6 Å². The van der Waals surface area contributed by atoms with Crippen LogP contribution in [0.15, 0.2) is 18.2 Å². The van der Waals surface area contributed by atoms with E-state index < -0.39 is 17.7 Å². The Morgan fingerprint density at radius 1 is 1.40 bits per heavy atom. The summed E-state index contributed by atoms with van der Waals surface area (Å²) in [6.45, 7) is 3.62. The van der Waals surface area contributed by atoms with Gasteiger partial charge in [0.25, 0.3) is 0 Å². The highest BCUT2D eigenvalue weighted by molar-refractivity contribution is 6.30. The molecule has 1 N–H and O–H groups in total. The van der Waals surface area contributed by atoms with E-state index in [-0.39, 0.29) is 29.8 Å². The second-order valence-corrected chi connectivity index (χ2v) is 4.72. The number of hydrogen-bond donors (Lipinski definition) is 1. The highest BCUT2D eigenvalue weighted by Gasteiger charge is 2.31. The predicted molar refractivity (Wildman–Crippen MR) is 70.8 cm³/mol. The summed E-state index contributed by atoms with van der Waals surface area (Å²) >= 11 is 5.66. The number of anilines is 1. The van der Waals surface area contributed by atoms with Gasteiger partial charge in [0.2, 0.25) is 0 Å². The predicted octanol–water partition coefficient (Wildman–Crippen LogP) is 4.11. The third-order valence-electron chi connectivity index (χ3n) is 2.42. The van der Waals surface area contributed by atoms with Gasteiger partial charge in [-0.2, -0.15) is 13.2 Å². The molecule has 20 heavy (non-hydrogen) atoms. The average Bonchev–Trinajstić information content (AvgIpc) is 2.26. The van der Waals surface area contributed by atoms with Crippen LogP contribution in [0.5, 0.6) is 0 Å². The zero-order chi connectivity index (χ0) is 15.3. The number of esters is 1. The number of ether oxygens (including phenoxy) is 1. The summed E-state index contributed by atoms with van der Waals surface area (Å²) in [5, 5.41) is 2.78. The van der Waals surface area contributed by atoms with Gasteiger partial charge in [0.05, 0.1) is 18.6 Å². The van der Waals surface area contributed by atoms with Gasteiger partial charge in [-0.25, -0.2) is 0 Å². The standard InChI is InChI=1S/C13H15ClF3NO2/c1-3-20-12(19)4-8(2)18-11-6-9(13(15,16)17)5-10(14)7-11/h5-8,18H,3-4H2,1-2H3. The summed E-state index contributed by atoms with van der Waals surface area (Å²) in [5.41, 5.74) is -0.627. The van der Waals surface area contributed by atoms with Crippen LogP contribution in [0.2, 0.25) is 5.02 Å². The number of nitrogens with one attached hydrogen (secondary N) is 1. The van der Waals surface area contributed by atoms with Crippen molar-refractivity contribution < 1.29 is 22.7 Å². The lowest BCUT2D eigenvalue weighted by Crippen LogP contribution is -2.21. The summed E-state index contributed by atoms with van der Waals surface area (Å²) < 4.78 is 42.7. The number of alkyl halides is 3. The van der Waals surface area contributed by atoms with E-state index in [9.17, 15) is 18.0 Å². The summed E-state index contributed by atoms with van der Waals surface area (Å²) in [4.78, 5) is 11.3. The Bertz CT molecular complexity index is 477. The van der Waals surface area contributed by atoms with Crippen molar-refractivity contribution in [2.24, 2.45) is 0 Å². The molecule has 112 valence electrons. The van der Waals surface area contributed by atoms with Gasteiger partial charge in [0.1, 0.15) is 0 Å². The maximum Gasteiger partial charge on any atom is 0.416 e. The Hall–Kier alpha value is -1.43. The van der Waals surface area contributed by atoms with Crippen LogP contribution in [-0.2, 0) is 15.7 Å². The fraction of sp³-hybridized carbons (Fsp3) is 0.462. The Balaban J connectivity index is 2.77. The lowest BCUT2D eigenvalue weighted by Gasteiger charge is -2.16. The Labute approximate surface area is 120 Å². The zero-order valence-electron chi connectivity index (χ0n) is 11.1. The maximum absolute atomic E-state index is 12.6. The van der Waals surface area contributed by atoms with Crippen LogP contribution in [0.4, 0.5) is 18.9 Å². The number of rotatable bonds is 5. The smallest absolute Gasteiger partial charge is 0.416 e. The van der Waals surface area contributed by atoms with E-state index in [0.717, 1.165) is 12.1 Å². The average molecular weight is 310 g/mol. The maximum atomic E-state index is 12.6. The SMILES string of the molecule is CCOC(=O)CC(C)Nc1cc(Cl)cc(C(F)(F)F)c1. The molecule has 3 nitrogen and oxygen atoms in total. The number of carbonyl (C=O) groups excluding carboxylic acids is 1. The van der Waals surface area contributed by atoms with Crippen molar-refractivity contribution in [1.82, 2.24) is 0 Å². The third kappa shape index (κ3) is 5.28. The van der Waals surface area contributed by atoms with Crippen LogP contribution in [0.1, 0.15) is 25.8 Å². The molecule has 0 aliphatic rings. The molecule has 1 aromatic rings. The van der Waals surface area contributed by atoms with Crippen molar-refractivity contribution in [2.75, 3.05) is 11.9 Å². The number of hydrogen-bond acceptors (Lipinski definition) is 3. The van der Waals surface area contributed by atoms with E-state index in [1.807, 2.05) is 0 Å². The lowest BCUT2D eigenvalue weighted by atomic mass is 10.1. The lowest BCUT2D eigenvalue weighted by molar-refractivity contribution is -0.143. The monoisotopic (exact) mass is 309 g/mol. The van der Waals surface area contributed by atoms with Gasteiger partial charge in [-0.1, -0.05) is 11.6 Å². The van der Waals surface area contributed by atoms with Gasteiger partial charge in [-0.3, -0.25) is 4.79 Å². The highest BCUT2D eigenvalue weighted by Crippen LogP contribution is 2.33. The molecule has 1 rings (SSSR count). The molecule has 0 fully saturated rings. The largest absolute Gasteiger partial charge is 0.466 e. The molecule has 1 unspecified atom stereocenters. The first-order chi connectivity index (χ1) is 9.22. The van der Waals surface area contributed by atoms with Gasteiger partial charge in [0.15, 0.2) is 0 Å². The second-order valence-electron chi connectivity index (χ2n) is 4.28. The molecule has 0 radical (unpaired) electrons. The van der Waals surface area contributed by atoms with Crippen LogP contribution in [0, 0.1) is 0 Å². The van der Waals surface area contributed by atoms with Crippen LogP contribution < -0.4 is 5.32 Å². The van der Waals surface area contributed by atoms with Crippen LogP contribution >= 0.6 is 11.6 Å². The van der Waals surface area contributed by atoms with Crippen molar-refractivity contribution in [1.29, 1.82) is 0 Å². The van der Waals surface area contributed by atoms with Gasteiger partial charge in [-0.15, -0.1) is 0 Å². The van der Waals surface area contributed by atoms with E-state index in [1.54, 1.807) is 13.8 Å². The molecule has 0 saturated heterocycles. The quantitative estimate of drug-likeness (QED) is 0.832. The van der Waals surface area contributed by atoms with E-state index in [1.165, 1.54) is 6.07 Å². The molecule has 0 aromatic heterocycles. The molecule has 1 atom stereocenters. The number of halogens is 4. The Kier molecular flexibility index (Phi) is 5.68. The zero-order valence-corrected chi connectivity index (χ0v) is 11.8. The summed E-state index contributed by atoms with van der Waals surface area (Å²) in [6.07, 6.45) is -4.41. The van der Waals surface area contributed by atoms with Gasteiger partial charge in [-0.05, 0) is 32.0 Å². The minimum absolute atomic E-state index is 0.0225. The summed E-state index contributed by atoms with van der Waals surface area (Å²) in [7, 11) is 0. The molecule has 7 heteroatoms. The first kappa shape index (κ1) is 16.6. The normalized spacial score (nSPS) is 12.9. The van der Waals surface area contributed by atoms with Crippen LogP contribution in [0.3, 0.4) is 0 Å². The topological polar surface area (TPSA) is 38.3 Å².